The van der Waals surface area contributed by atoms with E-state index in [-0.39, 0.29) is 48.1 Å². The van der Waals surface area contributed by atoms with Crippen LogP contribution in [0.3, 0.4) is 0 Å². The minimum Gasteiger partial charge on any atom is -0.358 e. The van der Waals surface area contributed by atoms with Gasteiger partial charge in [0.2, 0.25) is 17.7 Å². The Morgan fingerprint density at radius 3 is 2.38 bits per heavy atom. The summed E-state index contributed by atoms with van der Waals surface area (Å²) in [7, 11) is 0. The molecule has 0 fully saturated rings. The zero-order valence-corrected chi connectivity index (χ0v) is 27.2. The summed E-state index contributed by atoms with van der Waals surface area (Å²) < 4.78 is 56.0. The molecule has 1 aliphatic carbocycles. The molecule has 4 rings (SSSR count). The number of alkyl halides is 3. The number of rotatable bonds is 11. The number of carbonyl (C=O) groups is 3. The summed E-state index contributed by atoms with van der Waals surface area (Å²) >= 11 is 0. The monoisotopic (exact) mass is 655 g/mol. The minimum absolute atomic E-state index is 0.0180. The first-order valence-corrected chi connectivity index (χ1v) is 15.9. The van der Waals surface area contributed by atoms with Crippen molar-refractivity contribution in [2.45, 2.75) is 96.4 Å². The number of halogens is 4. The summed E-state index contributed by atoms with van der Waals surface area (Å²) in [4.78, 5) is 44.4. The van der Waals surface area contributed by atoms with Crippen LogP contribution in [0, 0.1) is 29.0 Å². The first-order chi connectivity index (χ1) is 22.1. The van der Waals surface area contributed by atoms with Crippen molar-refractivity contribution < 1.29 is 31.9 Å². The first kappa shape index (κ1) is 35.5. The van der Waals surface area contributed by atoms with Gasteiger partial charge in [0, 0.05) is 17.5 Å². The van der Waals surface area contributed by atoms with Gasteiger partial charge in [-0.1, -0.05) is 70.9 Å². The van der Waals surface area contributed by atoms with Crippen LogP contribution in [-0.4, -0.2) is 39.8 Å². The van der Waals surface area contributed by atoms with Crippen LogP contribution in [0.4, 0.5) is 17.6 Å². The minimum atomic E-state index is -4.62. The molecule has 4 N–H and O–H groups in total. The SMILES string of the molecule is CCC(C)[C@H](NC(=O)Cc1ccccc1F)C(=O)N[C@]1(C(=O)N[C@](C)(C#N)C(C)CC)CCc2[nH]c3c(C(F)(F)F)cccc3c2C1. The van der Waals surface area contributed by atoms with Crippen LogP contribution in [0.1, 0.15) is 76.3 Å². The second kappa shape index (κ2) is 13.8. The molecule has 1 heterocycles. The Morgan fingerprint density at radius 2 is 1.77 bits per heavy atom. The Balaban J connectivity index is 1.74. The molecule has 0 bridgehead atoms. The Kier molecular flexibility index (Phi) is 10.4. The molecular formula is C35H41F4N5O3. The molecule has 2 aromatic carbocycles. The Bertz CT molecular complexity index is 1700. The van der Waals surface area contributed by atoms with Gasteiger partial charge in [0.1, 0.15) is 22.9 Å². The molecular weight excluding hydrogens is 614 g/mol. The molecule has 0 saturated carbocycles. The van der Waals surface area contributed by atoms with Crippen molar-refractivity contribution in [3.63, 3.8) is 0 Å². The molecule has 1 aliphatic rings. The highest BCUT2D eigenvalue weighted by Gasteiger charge is 2.48. The summed E-state index contributed by atoms with van der Waals surface area (Å²) in [6.07, 6.45) is -3.89. The largest absolute Gasteiger partial charge is 0.418 e. The van der Waals surface area contributed by atoms with E-state index < -0.39 is 58.3 Å². The van der Waals surface area contributed by atoms with Gasteiger partial charge in [-0.2, -0.15) is 18.4 Å². The molecule has 47 heavy (non-hydrogen) atoms. The number of amides is 3. The Morgan fingerprint density at radius 1 is 1.06 bits per heavy atom. The van der Waals surface area contributed by atoms with Crippen LogP contribution in [-0.2, 0) is 39.8 Å². The molecule has 0 radical (unpaired) electrons. The summed E-state index contributed by atoms with van der Waals surface area (Å²) in [5.41, 5.74) is -2.78. The van der Waals surface area contributed by atoms with Crippen molar-refractivity contribution in [2.24, 2.45) is 11.8 Å². The number of nitrogens with one attached hydrogen (secondary N) is 4. The fourth-order valence-electron chi connectivity index (χ4n) is 6.14. The molecule has 2 unspecified atom stereocenters. The quantitative estimate of drug-likeness (QED) is 0.192. The third kappa shape index (κ3) is 7.29. The number of nitrogens with zero attached hydrogens (tertiary/aromatic N) is 1. The number of H-pyrrole nitrogens is 1. The summed E-state index contributed by atoms with van der Waals surface area (Å²) in [6, 6.07) is 10.7. The van der Waals surface area contributed by atoms with E-state index in [1.165, 1.54) is 24.3 Å². The van der Waals surface area contributed by atoms with E-state index in [0.29, 0.717) is 24.1 Å². The van der Waals surface area contributed by atoms with Gasteiger partial charge >= 0.3 is 6.18 Å². The van der Waals surface area contributed by atoms with E-state index in [1.807, 2.05) is 20.8 Å². The average Bonchev–Trinajstić information content (AvgIpc) is 3.40. The number of para-hydroxylation sites is 1. The van der Waals surface area contributed by atoms with Crippen LogP contribution in [0.5, 0.6) is 0 Å². The predicted octanol–water partition coefficient (Wildman–Crippen LogP) is 5.89. The third-order valence-corrected chi connectivity index (χ3v) is 9.74. The molecule has 12 heteroatoms. The van der Waals surface area contributed by atoms with Gasteiger partial charge < -0.3 is 20.9 Å². The van der Waals surface area contributed by atoms with Crippen molar-refractivity contribution in [3.8, 4) is 6.07 Å². The molecule has 0 aliphatic heterocycles. The molecule has 5 atom stereocenters. The number of aryl methyl sites for hydroxylation is 1. The number of nitriles is 1. The van der Waals surface area contributed by atoms with Gasteiger partial charge in [-0.15, -0.1) is 0 Å². The number of hydrogen-bond acceptors (Lipinski definition) is 4. The molecule has 1 aromatic heterocycles. The van der Waals surface area contributed by atoms with Crippen molar-refractivity contribution in [3.05, 3.63) is 70.7 Å². The van der Waals surface area contributed by atoms with E-state index in [9.17, 15) is 37.2 Å². The first-order valence-electron chi connectivity index (χ1n) is 15.9. The normalized spacial score (nSPS) is 19.4. The van der Waals surface area contributed by atoms with Gasteiger partial charge in [0.25, 0.3) is 0 Å². The maximum Gasteiger partial charge on any atom is 0.418 e. The van der Waals surface area contributed by atoms with Crippen LogP contribution in [0.25, 0.3) is 10.9 Å². The Labute approximate surface area is 271 Å². The third-order valence-electron chi connectivity index (χ3n) is 9.74. The molecule has 252 valence electrons. The highest BCUT2D eigenvalue weighted by Crippen LogP contribution is 2.40. The van der Waals surface area contributed by atoms with Gasteiger partial charge in [-0.25, -0.2) is 4.39 Å². The van der Waals surface area contributed by atoms with Gasteiger partial charge in [-0.3, -0.25) is 14.4 Å². The number of benzene rings is 2. The molecule has 3 aromatic rings. The second-order valence-electron chi connectivity index (χ2n) is 12.8. The number of hydrogen-bond donors (Lipinski definition) is 4. The lowest BCUT2D eigenvalue weighted by atomic mass is 9.77. The van der Waals surface area contributed by atoms with E-state index in [2.05, 4.69) is 27.0 Å². The lowest BCUT2D eigenvalue weighted by molar-refractivity contribution is -0.138. The molecule has 8 nitrogen and oxygen atoms in total. The summed E-state index contributed by atoms with van der Waals surface area (Å²) in [6.45, 7) is 8.87. The van der Waals surface area contributed by atoms with E-state index in [1.54, 1.807) is 26.0 Å². The number of fused-ring (bicyclic) bond motifs is 3. The van der Waals surface area contributed by atoms with Crippen molar-refractivity contribution in [1.82, 2.24) is 20.9 Å². The molecule has 0 saturated heterocycles. The lowest BCUT2D eigenvalue weighted by Gasteiger charge is -2.41. The van der Waals surface area contributed by atoms with E-state index in [0.717, 1.165) is 6.07 Å². The van der Waals surface area contributed by atoms with Crippen molar-refractivity contribution >= 4 is 28.6 Å². The van der Waals surface area contributed by atoms with Crippen LogP contribution < -0.4 is 16.0 Å². The van der Waals surface area contributed by atoms with Crippen molar-refractivity contribution in [1.29, 1.82) is 5.26 Å². The van der Waals surface area contributed by atoms with Gasteiger partial charge in [0.15, 0.2) is 0 Å². The lowest BCUT2D eigenvalue weighted by Crippen LogP contribution is -2.67. The van der Waals surface area contributed by atoms with E-state index in [4.69, 9.17) is 0 Å². The predicted molar refractivity (Wildman–Crippen MR) is 169 cm³/mol. The fraction of sp³-hybridized carbons (Fsp3) is 0.486. The highest BCUT2D eigenvalue weighted by molar-refractivity contribution is 5.97. The van der Waals surface area contributed by atoms with Gasteiger partial charge in [-0.05, 0) is 54.9 Å². The maximum atomic E-state index is 14.3. The fourth-order valence-corrected chi connectivity index (χ4v) is 6.14. The maximum absolute atomic E-state index is 14.3. The van der Waals surface area contributed by atoms with Gasteiger partial charge in [0.05, 0.1) is 23.6 Å². The van der Waals surface area contributed by atoms with E-state index >= 15 is 0 Å². The highest BCUT2D eigenvalue weighted by atomic mass is 19.4. The smallest absolute Gasteiger partial charge is 0.358 e. The number of carbonyl (C=O) groups excluding carboxylic acids is 3. The molecule has 0 spiro atoms. The van der Waals surface area contributed by atoms with Crippen LogP contribution in [0.15, 0.2) is 42.5 Å². The number of aromatic amines is 1. The number of aromatic nitrogens is 1. The van der Waals surface area contributed by atoms with Crippen LogP contribution >= 0.6 is 0 Å². The van der Waals surface area contributed by atoms with Crippen molar-refractivity contribution in [2.75, 3.05) is 0 Å². The topological polar surface area (TPSA) is 127 Å². The zero-order chi connectivity index (χ0) is 34.7. The average molecular weight is 656 g/mol. The molecule has 3 amide bonds. The Hall–Kier alpha value is -4.40. The summed E-state index contributed by atoms with van der Waals surface area (Å²) in [5, 5.41) is 18.8. The summed E-state index contributed by atoms with van der Waals surface area (Å²) in [5.74, 6) is -3.14. The zero-order valence-electron chi connectivity index (χ0n) is 27.2. The standard InChI is InChI=1S/C35H41F4N5O3/c1-6-20(3)29(42-28(45)17-22-11-8-9-14-26(22)36)31(46)43-34(32(47)44-33(5,19-40)21(4)7-2)16-15-27-24(18-34)23-12-10-13-25(30(23)41-27)35(37,38)39/h8-14,20-21,29,41H,6-7,15-18H2,1-5H3,(H,42,45)(H,43,46)(H,44,47)/t20?,21?,29-,33+,34+/m0/s1. The van der Waals surface area contributed by atoms with Crippen LogP contribution in [0.2, 0.25) is 0 Å². The second-order valence-corrected chi connectivity index (χ2v) is 12.8.